The van der Waals surface area contributed by atoms with E-state index in [0.29, 0.717) is 25.8 Å². The molecule has 1 fully saturated rings. The summed E-state index contributed by atoms with van der Waals surface area (Å²) in [5, 5.41) is 9.44. The van der Waals surface area contributed by atoms with Crippen molar-refractivity contribution in [3.63, 3.8) is 0 Å². The number of carbonyl (C=O) groups is 2. The van der Waals surface area contributed by atoms with Gasteiger partial charge in [-0.25, -0.2) is 4.79 Å². The average Bonchev–Trinajstić information content (AvgIpc) is 2.50. The summed E-state index contributed by atoms with van der Waals surface area (Å²) in [6.07, 6.45) is 2.67. The summed E-state index contributed by atoms with van der Waals surface area (Å²) in [5.41, 5.74) is -2.48. The van der Waals surface area contributed by atoms with Gasteiger partial charge >= 0.3 is 11.7 Å². The van der Waals surface area contributed by atoms with Crippen LogP contribution < -0.4 is 11.2 Å². The molecular formula is C14H19N3O5. The van der Waals surface area contributed by atoms with Crippen molar-refractivity contribution >= 4 is 11.9 Å². The second-order valence-electron chi connectivity index (χ2n) is 5.68. The van der Waals surface area contributed by atoms with Crippen LogP contribution in [0.2, 0.25) is 0 Å². The smallest absolute Gasteiger partial charge is 0.328 e. The summed E-state index contributed by atoms with van der Waals surface area (Å²) in [5.74, 6) is -1.47. The number of rotatable bonds is 3. The van der Waals surface area contributed by atoms with Crippen molar-refractivity contribution in [1.29, 1.82) is 0 Å². The number of H-pyrrole nitrogens is 1. The van der Waals surface area contributed by atoms with E-state index < -0.39 is 28.5 Å². The Hall–Kier alpha value is -2.38. The van der Waals surface area contributed by atoms with Crippen LogP contribution in [0.1, 0.15) is 36.5 Å². The van der Waals surface area contributed by atoms with E-state index in [2.05, 4.69) is 4.98 Å². The van der Waals surface area contributed by atoms with Crippen LogP contribution in [0.15, 0.2) is 15.8 Å². The van der Waals surface area contributed by atoms with E-state index in [1.165, 1.54) is 18.1 Å². The van der Waals surface area contributed by atoms with Crippen LogP contribution >= 0.6 is 0 Å². The Bertz CT molecular complexity index is 720. The molecule has 0 spiro atoms. The number of likely N-dealkylation sites (tertiary alicyclic amines) is 1. The topological polar surface area (TPSA) is 112 Å². The normalized spacial score (nSPS) is 21.6. The number of carboxylic acids is 1. The molecule has 0 bridgehead atoms. The predicted octanol–water partition coefficient (Wildman–Crippen LogP) is -0.209. The molecule has 1 amide bonds. The Morgan fingerprint density at radius 1 is 1.41 bits per heavy atom. The first kappa shape index (κ1) is 16.0. The van der Waals surface area contributed by atoms with Crippen LogP contribution in [0, 0.1) is 5.41 Å². The lowest BCUT2D eigenvalue weighted by molar-refractivity contribution is -0.152. The summed E-state index contributed by atoms with van der Waals surface area (Å²) >= 11 is 0. The van der Waals surface area contributed by atoms with Crippen LogP contribution in [0.3, 0.4) is 0 Å². The van der Waals surface area contributed by atoms with Gasteiger partial charge in [-0.2, -0.15) is 0 Å². The molecule has 2 N–H and O–H groups in total. The summed E-state index contributed by atoms with van der Waals surface area (Å²) in [6, 6.07) is 0. The quantitative estimate of drug-likeness (QED) is 0.802. The van der Waals surface area contributed by atoms with Gasteiger partial charge in [-0.1, -0.05) is 6.92 Å². The van der Waals surface area contributed by atoms with E-state index in [9.17, 15) is 24.3 Å². The molecule has 1 aliphatic rings. The van der Waals surface area contributed by atoms with Gasteiger partial charge in [0.05, 0.1) is 5.41 Å². The molecule has 22 heavy (non-hydrogen) atoms. The lowest BCUT2D eigenvalue weighted by Gasteiger charge is -2.39. The fraction of sp³-hybridized carbons (Fsp3) is 0.571. The minimum absolute atomic E-state index is 0.0694. The van der Waals surface area contributed by atoms with Crippen molar-refractivity contribution in [3.05, 3.63) is 32.6 Å². The highest BCUT2D eigenvalue weighted by Gasteiger charge is 2.42. The van der Waals surface area contributed by atoms with Gasteiger partial charge in [-0.3, -0.25) is 19.4 Å². The molecule has 0 aromatic carbocycles. The molecule has 1 atom stereocenters. The van der Waals surface area contributed by atoms with Gasteiger partial charge in [-0.05, 0) is 19.3 Å². The minimum Gasteiger partial charge on any atom is -0.481 e. The fourth-order valence-electron chi connectivity index (χ4n) is 2.81. The number of carboxylic acid groups (broad SMARTS) is 1. The standard InChI is InChI=1S/C14H19N3O5/c1-3-14(12(20)21)5-4-6-17(8-14)11(19)9-7-16(2)13(22)15-10(9)18/h7H,3-6,8H2,1-2H3,(H,20,21)(H,15,18,22)/t14-/m1/s1. The summed E-state index contributed by atoms with van der Waals surface area (Å²) < 4.78 is 1.11. The van der Waals surface area contributed by atoms with Crippen molar-refractivity contribution in [2.24, 2.45) is 12.5 Å². The third-order valence-corrected chi connectivity index (χ3v) is 4.33. The van der Waals surface area contributed by atoms with Crippen LogP contribution in [0.25, 0.3) is 0 Å². The first-order chi connectivity index (χ1) is 10.3. The molecule has 0 unspecified atom stereocenters. The third kappa shape index (κ3) is 2.68. The van der Waals surface area contributed by atoms with Crippen molar-refractivity contribution in [2.45, 2.75) is 26.2 Å². The van der Waals surface area contributed by atoms with Crippen molar-refractivity contribution in [1.82, 2.24) is 14.5 Å². The number of nitrogens with one attached hydrogen (secondary N) is 1. The molecule has 0 aliphatic carbocycles. The summed E-state index contributed by atoms with van der Waals surface area (Å²) in [4.78, 5) is 50.6. The van der Waals surface area contributed by atoms with Crippen molar-refractivity contribution in [2.75, 3.05) is 13.1 Å². The van der Waals surface area contributed by atoms with E-state index >= 15 is 0 Å². The average molecular weight is 309 g/mol. The number of piperidine rings is 1. The Morgan fingerprint density at radius 3 is 2.68 bits per heavy atom. The van der Waals surface area contributed by atoms with E-state index in [0.717, 1.165) is 4.57 Å². The van der Waals surface area contributed by atoms with E-state index in [4.69, 9.17) is 0 Å². The molecule has 2 heterocycles. The van der Waals surface area contributed by atoms with Gasteiger partial charge in [0.1, 0.15) is 5.56 Å². The zero-order chi connectivity index (χ0) is 16.5. The molecular weight excluding hydrogens is 290 g/mol. The maximum atomic E-state index is 12.5. The van der Waals surface area contributed by atoms with Gasteiger partial charge in [0.2, 0.25) is 0 Å². The molecule has 0 saturated carbocycles. The molecule has 1 saturated heterocycles. The van der Waals surface area contributed by atoms with Crippen molar-refractivity contribution < 1.29 is 14.7 Å². The number of carbonyl (C=O) groups excluding carboxylic acids is 1. The first-order valence-electron chi connectivity index (χ1n) is 7.13. The number of hydrogen-bond acceptors (Lipinski definition) is 4. The summed E-state index contributed by atoms with van der Waals surface area (Å²) in [6.45, 7) is 2.25. The second kappa shape index (κ2) is 5.78. The Balaban J connectivity index is 2.34. The van der Waals surface area contributed by atoms with Gasteiger partial charge < -0.3 is 14.6 Å². The highest BCUT2D eigenvalue weighted by molar-refractivity contribution is 5.94. The molecule has 2 rings (SSSR count). The monoisotopic (exact) mass is 309 g/mol. The van der Waals surface area contributed by atoms with Gasteiger partial charge in [0.15, 0.2) is 0 Å². The number of amides is 1. The number of aliphatic carboxylic acids is 1. The molecule has 120 valence electrons. The Kier molecular flexibility index (Phi) is 4.20. The lowest BCUT2D eigenvalue weighted by atomic mass is 9.77. The molecule has 1 aliphatic heterocycles. The molecule has 0 radical (unpaired) electrons. The molecule has 1 aromatic heterocycles. The maximum Gasteiger partial charge on any atom is 0.328 e. The first-order valence-corrected chi connectivity index (χ1v) is 7.13. The number of aromatic amines is 1. The zero-order valence-corrected chi connectivity index (χ0v) is 12.6. The van der Waals surface area contributed by atoms with Crippen LogP contribution in [0.4, 0.5) is 0 Å². The van der Waals surface area contributed by atoms with E-state index in [1.54, 1.807) is 6.92 Å². The number of hydrogen-bond donors (Lipinski definition) is 2. The van der Waals surface area contributed by atoms with Crippen LogP contribution in [-0.2, 0) is 11.8 Å². The SMILES string of the molecule is CC[C@@]1(C(=O)O)CCCN(C(=O)c2cn(C)c(=O)[nH]c2=O)C1. The fourth-order valence-corrected chi connectivity index (χ4v) is 2.81. The predicted molar refractivity (Wildman–Crippen MR) is 77.8 cm³/mol. The zero-order valence-electron chi connectivity index (χ0n) is 12.6. The third-order valence-electron chi connectivity index (χ3n) is 4.33. The van der Waals surface area contributed by atoms with E-state index in [1.807, 2.05) is 0 Å². The molecule has 1 aromatic rings. The molecule has 8 heteroatoms. The highest BCUT2D eigenvalue weighted by atomic mass is 16.4. The lowest BCUT2D eigenvalue weighted by Crippen LogP contribution is -2.50. The second-order valence-corrected chi connectivity index (χ2v) is 5.68. The van der Waals surface area contributed by atoms with Crippen LogP contribution in [0.5, 0.6) is 0 Å². The largest absolute Gasteiger partial charge is 0.481 e. The van der Waals surface area contributed by atoms with Gasteiger partial charge in [0, 0.05) is 26.3 Å². The number of aryl methyl sites for hydroxylation is 1. The summed E-state index contributed by atoms with van der Waals surface area (Å²) in [7, 11) is 1.43. The molecule has 8 nitrogen and oxygen atoms in total. The van der Waals surface area contributed by atoms with E-state index in [-0.39, 0.29) is 12.1 Å². The van der Waals surface area contributed by atoms with Crippen molar-refractivity contribution in [3.8, 4) is 0 Å². The minimum atomic E-state index is -0.971. The van der Waals surface area contributed by atoms with Gasteiger partial charge in [0.25, 0.3) is 11.5 Å². The Morgan fingerprint density at radius 2 is 2.09 bits per heavy atom. The number of nitrogens with zero attached hydrogens (tertiary/aromatic N) is 2. The van der Waals surface area contributed by atoms with Gasteiger partial charge in [-0.15, -0.1) is 0 Å². The highest BCUT2D eigenvalue weighted by Crippen LogP contribution is 2.34. The number of aromatic nitrogens is 2. The maximum absolute atomic E-state index is 12.5. The van der Waals surface area contributed by atoms with Crippen LogP contribution in [-0.4, -0.2) is 44.5 Å². The Labute approximate surface area is 126 Å².